The Morgan fingerprint density at radius 3 is 2.55 bits per heavy atom. The fourth-order valence-electron chi connectivity index (χ4n) is 2.81. The number of rotatable bonds is 3. The van der Waals surface area contributed by atoms with Gasteiger partial charge in [-0.15, -0.1) is 0 Å². The highest BCUT2D eigenvalue weighted by Gasteiger charge is 2.33. The molecule has 1 atom stereocenters. The molecule has 0 aliphatic carbocycles. The molecule has 4 heteroatoms. The third kappa shape index (κ3) is 2.91. The first-order valence-corrected chi connectivity index (χ1v) is 7.17. The number of nitrogens with zero attached hydrogens (tertiary/aromatic N) is 2. The maximum absolute atomic E-state index is 10.2. The van der Waals surface area contributed by atoms with Crippen molar-refractivity contribution in [1.82, 2.24) is 9.80 Å². The lowest BCUT2D eigenvalue weighted by Gasteiger charge is -2.47. The topological polar surface area (TPSA) is 35.9 Å². The van der Waals surface area contributed by atoms with Crippen LogP contribution in [0.15, 0.2) is 18.2 Å². The lowest BCUT2D eigenvalue weighted by molar-refractivity contribution is 0.0197. The van der Waals surface area contributed by atoms with E-state index in [9.17, 15) is 5.11 Å². The Balaban J connectivity index is 2.17. The van der Waals surface area contributed by atoms with E-state index in [-0.39, 0.29) is 11.6 Å². The molecule has 1 unspecified atom stereocenters. The van der Waals surface area contributed by atoms with E-state index in [1.165, 1.54) is 0 Å². The predicted molar refractivity (Wildman–Crippen MR) is 81.4 cm³/mol. The van der Waals surface area contributed by atoms with E-state index >= 15 is 0 Å². The van der Waals surface area contributed by atoms with Crippen molar-refractivity contribution in [1.29, 1.82) is 0 Å². The van der Waals surface area contributed by atoms with E-state index in [0.717, 1.165) is 25.2 Å². The number of ether oxygens (including phenoxy) is 1. The van der Waals surface area contributed by atoms with Crippen molar-refractivity contribution in [3.8, 4) is 11.5 Å². The van der Waals surface area contributed by atoms with Crippen molar-refractivity contribution in [2.75, 3.05) is 33.8 Å². The largest absolute Gasteiger partial charge is 0.507 e. The summed E-state index contributed by atoms with van der Waals surface area (Å²) in [6.45, 7) is 9.75. The third-order valence-electron chi connectivity index (χ3n) is 4.58. The van der Waals surface area contributed by atoms with Crippen molar-refractivity contribution in [2.45, 2.75) is 32.4 Å². The molecule has 0 radical (unpaired) electrons. The minimum atomic E-state index is 0.161. The van der Waals surface area contributed by atoms with Crippen molar-refractivity contribution in [2.24, 2.45) is 0 Å². The lowest BCUT2D eigenvalue weighted by Crippen LogP contribution is -2.57. The SMILES string of the molecule is COc1ccc(C(C)N2CCN(C)C(C)(C)C2)c(O)c1. The minimum absolute atomic E-state index is 0.161. The standard InChI is InChI=1S/C16H26N2O2/c1-12(14-7-6-13(20-5)10-15(14)19)18-9-8-17(4)16(2,3)11-18/h6-7,10,12,19H,8-9,11H2,1-5H3. The fraction of sp³-hybridized carbons (Fsp3) is 0.625. The summed E-state index contributed by atoms with van der Waals surface area (Å²) in [5.41, 5.74) is 1.13. The van der Waals surface area contributed by atoms with Crippen LogP contribution in [0.1, 0.15) is 32.4 Å². The van der Waals surface area contributed by atoms with Gasteiger partial charge in [-0.1, -0.05) is 6.07 Å². The molecule has 4 nitrogen and oxygen atoms in total. The minimum Gasteiger partial charge on any atom is -0.507 e. The summed E-state index contributed by atoms with van der Waals surface area (Å²) >= 11 is 0. The maximum Gasteiger partial charge on any atom is 0.124 e. The van der Waals surface area contributed by atoms with Crippen LogP contribution in [0.3, 0.4) is 0 Å². The summed E-state index contributed by atoms with van der Waals surface area (Å²) in [6.07, 6.45) is 0. The molecule has 1 fully saturated rings. The van der Waals surface area contributed by atoms with Crippen molar-refractivity contribution in [3.05, 3.63) is 23.8 Å². The van der Waals surface area contributed by atoms with E-state index in [4.69, 9.17) is 4.74 Å². The van der Waals surface area contributed by atoms with Crippen LogP contribution in [-0.2, 0) is 0 Å². The monoisotopic (exact) mass is 278 g/mol. The van der Waals surface area contributed by atoms with Crippen LogP contribution in [0.2, 0.25) is 0 Å². The van der Waals surface area contributed by atoms with E-state index in [2.05, 4.69) is 37.6 Å². The van der Waals surface area contributed by atoms with Crippen LogP contribution in [0, 0.1) is 0 Å². The average Bonchev–Trinajstić information content (AvgIpc) is 2.41. The molecule has 0 bridgehead atoms. The van der Waals surface area contributed by atoms with Gasteiger partial charge >= 0.3 is 0 Å². The second kappa shape index (κ2) is 5.62. The number of piperazine rings is 1. The number of hydrogen-bond acceptors (Lipinski definition) is 4. The van der Waals surface area contributed by atoms with Gasteiger partial charge < -0.3 is 9.84 Å². The Kier molecular flexibility index (Phi) is 4.25. The number of phenols is 1. The van der Waals surface area contributed by atoms with Gasteiger partial charge in [0.2, 0.25) is 0 Å². The highest BCUT2D eigenvalue weighted by atomic mass is 16.5. The summed E-state index contributed by atoms with van der Waals surface area (Å²) in [5, 5.41) is 10.2. The number of hydrogen-bond donors (Lipinski definition) is 1. The zero-order chi connectivity index (χ0) is 14.9. The lowest BCUT2D eigenvalue weighted by atomic mass is 9.96. The van der Waals surface area contributed by atoms with Crippen LogP contribution in [0.5, 0.6) is 11.5 Å². The predicted octanol–water partition coefficient (Wildman–Crippen LogP) is 2.49. The number of phenolic OH excluding ortho intramolecular Hbond substituents is 1. The fourth-order valence-corrected chi connectivity index (χ4v) is 2.81. The van der Waals surface area contributed by atoms with Gasteiger partial charge in [0.1, 0.15) is 11.5 Å². The van der Waals surface area contributed by atoms with E-state index in [1.807, 2.05) is 12.1 Å². The summed E-state index contributed by atoms with van der Waals surface area (Å²) in [4.78, 5) is 4.83. The van der Waals surface area contributed by atoms with E-state index in [0.29, 0.717) is 11.5 Å². The molecular weight excluding hydrogens is 252 g/mol. The number of aromatic hydroxyl groups is 1. The molecule has 0 saturated carbocycles. The Labute approximate surface area is 122 Å². The molecule has 1 saturated heterocycles. The van der Waals surface area contributed by atoms with Crippen LogP contribution in [0.4, 0.5) is 0 Å². The molecule has 0 aromatic heterocycles. The van der Waals surface area contributed by atoms with Gasteiger partial charge in [0.25, 0.3) is 0 Å². The molecule has 1 aliphatic rings. The summed E-state index contributed by atoms with van der Waals surface area (Å²) in [7, 11) is 3.79. The first-order valence-electron chi connectivity index (χ1n) is 7.17. The van der Waals surface area contributed by atoms with Gasteiger partial charge in [-0.05, 0) is 33.9 Å². The summed E-state index contributed by atoms with van der Waals surface area (Å²) in [6, 6.07) is 5.76. The van der Waals surface area contributed by atoms with E-state index < -0.39 is 0 Å². The van der Waals surface area contributed by atoms with Crippen molar-refractivity contribution in [3.63, 3.8) is 0 Å². The van der Waals surface area contributed by atoms with Crippen LogP contribution in [-0.4, -0.2) is 54.2 Å². The number of methoxy groups -OCH3 is 1. The molecule has 20 heavy (non-hydrogen) atoms. The Morgan fingerprint density at radius 1 is 1.30 bits per heavy atom. The first-order chi connectivity index (χ1) is 9.35. The van der Waals surface area contributed by atoms with Crippen LogP contribution >= 0.6 is 0 Å². The number of benzene rings is 1. The van der Waals surface area contributed by atoms with Gasteiger partial charge in [0.05, 0.1) is 7.11 Å². The van der Waals surface area contributed by atoms with Gasteiger partial charge in [0.15, 0.2) is 0 Å². The Hall–Kier alpha value is -1.26. The van der Waals surface area contributed by atoms with E-state index in [1.54, 1.807) is 13.2 Å². The van der Waals surface area contributed by atoms with Crippen LogP contribution < -0.4 is 4.74 Å². The molecule has 1 N–H and O–H groups in total. The molecule has 2 rings (SSSR count). The molecule has 1 heterocycles. The Bertz CT molecular complexity index is 474. The molecule has 0 spiro atoms. The van der Waals surface area contributed by atoms with Gasteiger partial charge in [-0.2, -0.15) is 0 Å². The third-order valence-corrected chi connectivity index (χ3v) is 4.58. The molecular formula is C16H26N2O2. The molecule has 1 aromatic carbocycles. The molecule has 0 amide bonds. The quantitative estimate of drug-likeness (QED) is 0.921. The second-order valence-corrected chi connectivity index (χ2v) is 6.31. The smallest absolute Gasteiger partial charge is 0.124 e. The molecule has 112 valence electrons. The maximum atomic E-state index is 10.2. The van der Waals surface area contributed by atoms with Crippen LogP contribution in [0.25, 0.3) is 0 Å². The first kappa shape index (κ1) is 15.1. The Morgan fingerprint density at radius 2 is 2.00 bits per heavy atom. The molecule has 1 aliphatic heterocycles. The summed E-state index contributed by atoms with van der Waals surface area (Å²) < 4.78 is 5.14. The zero-order valence-corrected chi connectivity index (χ0v) is 13.2. The number of likely N-dealkylation sites (N-methyl/N-ethyl adjacent to an activating group) is 1. The van der Waals surface area contributed by atoms with Crippen molar-refractivity contribution < 1.29 is 9.84 Å². The average molecular weight is 278 g/mol. The zero-order valence-electron chi connectivity index (χ0n) is 13.2. The second-order valence-electron chi connectivity index (χ2n) is 6.31. The van der Waals surface area contributed by atoms with Gasteiger partial charge in [0, 0.05) is 42.8 Å². The highest BCUT2D eigenvalue weighted by Crippen LogP contribution is 2.33. The van der Waals surface area contributed by atoms with Crippen molar-refractivity contribution >= 4 is 0 Å². The highest BCUT2D eigenvalue weighted by molar-refractivity contribution is 5.41. The van der Waals surface area contributed by atoms with Gasteiger partial charge in [-0.3, -0.25) is 9.80 Å². The van der Waals surface area contributed by atoms with Gasteiger partial charge in [-0.25, -0.2) is 0 Å². The molecule has 1 aromatic rings. The summed E-state index contributed by atoms with van der Waals surface area (Å²) in [5.74, 6) is 1.01. The normalized spacial score (nSPS) is 21.6.